The standard InChI is InChI=1S/C11H11F6N/c1-5-3-7(18)4-6(2)8(5)10(14,9(12)13)11(15,16)17/h3-4,9H,18H2,1-2H3. The SMILES string of the molecule is Cc1cc(N)cc(C)c1C(F)(C(F)F)C(F)(F)F. The van der Waals surface area contributed by atoms with Crippen molar-refractivity contribution in [1.29, 1.82) is 0 Å². The van der Waals surface area contributed by atoms with Gasteiger partial charge in [0.25, 0.3) is 12.1 Å². The first-order valence-corrected chi connectivity index (χ1v) is 4.92. The molecule has 1 atom stereocenters. The van der Waals surface area contributed by atoms with Gasteiger partial charge in [0, 0.05) is 11.3 Å². The van der Waals surface area contributed by atoms with Gasteiger partial charge in [-0.25, -0.2) is 13.2 Å². The van der Waals surface area contributed by atoms with Crippen LogP contribution in [-0.4, -0.2) is 12.6 Å². The first kappa shape index (κ1) is 14.7. The van der Waals surface area contributed by atoms with E-state index >= 15 is 0 Å². The van der Waals surface area contributed by atoms with E-state index in [0.29, 0.717) is 0 Å². The van der Waals surface area contributed by atoms with E-state index in [2.05, 4.69) is 0 Å². The topological polar surface area (TPSA) is 26.0 Å². The molecular weight excluding hydrogens is 260 g/mol. The van der Waals surface area contributed by atoms with Crippen LogP contribution in [0.25, 0.3) is 0 Å². The second-order valence-electron chi connectivity index (χ2n) is 4.04. The molecule has 102 valence electrons. The molecule has 0 amide bonds. The number of anilines is 1. The molecule has 0 radical (unpaired) electrons. The van der Waals surface area contributed by atoms with Gasteiger partial charge < -0.3 is 5.73 Å². The molecule has 1 aromatic carbocycles. The molecule has 0 aliphatic carbocycles. The molecule has 2 N–H and O–H groups in total. The van der Waals surface area contributed by atoms with Crippen LogP contribution in [0.5, 0.6) is 0 Å². The van der Waals surface area contributed by atoms with E-state index in [1.54, 1.807) is 0 Å². The summed E-state index contributed by atoms with van der Waals surface area (Å²) in [5, 5.41) is 0. The summed E-state index contributed by atoms with van der Waals surface area (Å²) in [6.45, 7) is 2.22. The van der Waals surface area contributed by atoms with Gasteiger partial charge in [0.2, 0.25) is 0 Å². The summed E-state index contributed by atoms with van der Waals surface area (Å²) in [5.74, 6) is 0. The van der Waals surface area contributed by atoms with Gasteiger partial charge in [-0.15, -0.1) is 0 Å². The van der Waals surface area contributed by atoms with Gasteiger partial charge in [0.05, 0.1) is 0 Å². The molecule has 1 nitrogen and oxygen atoms in total. The van der Waals surface area contributed by atoms with Crippen LogP contribution in [0.15, 0.2) is 12.1 Å². The highest BCUT2D eigenvalue weighted by molar-refractivity contribution is 5.51. The first-order chi connectivity index (χ1) is 8.01. The zero-order valence-electron chi connectivity index (χ0n) is 9.58. The van der Waals surface area contributed by atoms with Crippen molar-refractivity contribution in [3.63, 3.8) is 0 Å². The van der Waals surface area contributed by atoms with Crippen molar-refractivity contribution >= 4 is 5.69 Å². The molecule has 18 heavy (non-hydrogen) atoms. The fourth-order valence-corrected chi connectivity index (χ4v) is 1.95. The van der Waals surface area contributed by atoms with Gasteiger partial charge in [-0.1, -0.05) is 0 Å². The average molecular weight is 271 g/mol. The smallest absolute Gasteiger partial charge is 0.399 e. The number of hydrogen-bond acceptors (Lipinski definition) is 1. The van der Waals surface area contributed by atoms with Crippen LogP contribution in [0, 0.1) is 13.8 Å². The van der Waals surface area contributed by atoms with Gasteiger partial charge >= 0.3 is 6.18 Å². The lowest BCUT2D eigenvalue weighted by molar-refractivity contribution is -0.274. The number of alkyl halides is 6. The van der Waals surface area contributed by atoms with Crippen molar-refractivity contribution in [2.75, 3.05) is 5.73 Å². The van der Waals surface area contributed by atoms with E-state index < -0.39 is 23.8 Å². The molecule has 0 saturated heterocycles. The molecule has 1 unspecified atom stereocenters. The Bertz CT molecular complexity index is 430. The van der Waals surface area contributed by atoms with Crippen LogP contribution < -0.4 is 5.73 Å². The van der Waals surface area contributed by atoms with Crippen LogP contribution in [0.2, 0.25) is 0 Å². The molecule has 0 fully saturated rings. The fraction of sp³-hybridized carbons (Fsp3) is 0.455. The summed E-state index contributed by atoms with van der Waals surface area (Å²) < 4.78 is 76.9. The van der Waals surface area contributed by atoms with Crippen molar-refractivity contribution in [3.8, 4) is 0 Å². The highest BCUT2D eigenvalue weighted by atomic mass is 19.4. The highest BCUT2D eigenvalue weighted by Crippen LogP contribution is 2.49. The summed E-state index contributed by atoms with van der Waals surface area (Å²) in [5.41, 5.74) is -0.814. The van der Waals surface area contributed by atoms with Gasteiger partial charge in [-0.05, 0) is 37.1 Å². The quantitative estimate of drug-likeness (QED) is 0.641. The second kappa shape index (κ2) is 4.37. The minimum atomic E-state index is -5.70. The molecule has 0 heterocycles. The van der Waals surface area contributed by atoms with E-state index in [-0.39, 0.29) is 16.8 Å². The lowest BCUT2D eigenvalue weighted by Crippen LogP contribution is -2.45. The van der Waals surface area contributed by atoms with Crippen LogP contribution in [-0.2, 0) is 5.67 Å². The third kappa shape index (κ3) is 2.13. The Balaban J connectivity index is 3.60. The molecule has 0 saturated carbocycles. The largest absolute Gasteiger partial charge is 0.432 e. The van der Waals surface area contributed by atoms with Crippen molar-refractivity contribution < 1.29 is 26.3 Å². The third-order valence-electron chi connectivity index (χ3n) is 2.63. The van der Waals surface area contributed by atoms with Crippen molar-refractivity contribution in [2.24, 2.45) is 0 Å². The summed E-state index contributed by atoms with van der Waals surface area (Å²) in [4.78, 5) is 0. The summed E-state index contributed by atoms with van der Waals surface area (Å²) in [6, 6.07) is 2.07. The molecule has 0 aliphatic rings. The van der Waals surface area contributed by atoms with Crippen LogP contribution >= 0.6 is 0 Å². The Kier molecular flexibility index (Phi) is 3.56. The first-order valence-electron chi connectivity index (χ1n) is 4.92. The Labute approximate surface area is 99.6 Å². The van der Waals surface area contributed by atoms with Crippen molar-refractivity contribution in [2.45, 2.75) is 32.1 Å². The zero-order valence-corrected chi connectivity index (χ0v) is 9.58. The number of nitrogen functional groups attached to an aromatic ring is 1. The molecule has 0 aliphatic heterocycles. The fourth-order valence-electron chi connectivity index (χ4n) is 1.95. The molecule has 1 aromatic rings. The van der Waals surface area contributed by atoms with E-state index in [1.165, 1.54) is 0 Å². The number of rotatable bonds is 2. The van der Waals surface area contributed by atoms with Crippen molar-refractivity contribution in [1.82, 2.24) is 0 Å². The second-order valence-corrected chi connectivity index (χ2v) is 4.04. The zero-order chi connectivity index (χ0) is 14.3. The average Bonchev–Trinajstić information content (AvgIpc) is 2.13. The van der Waals surface area contributed by atoms with E-state index in [1.807, 2.05) is 0 Å². The predicted molar refractivity (Wildman–Crippen MR) is 55.2 cm³/mol. The van der Waals surface area contributed by atoms with E-state index in [4.69, 9.17) is 5.73 Å². The van der Waals surface area contributed by atoms with Crippen LogP contribution in [0.3, 0.4) is 0 Å². The lowest BCUT2D eigenvalue weighted by atomic mass is 9.87. The molecule has 0 bridgehead atoms. The number of aryl methyl sites for hydroxylation is 2. The summed E-state index contributed by atoms with van der Waals surface area (Å²) in [6.07, 6.45) is -9.91. The van der Waals surface area contributed by atoms with Gasteiger partial charge in [-0.3, -0.25) is 0 Å². The predicted octanol–water partition coefficient (Wildman–Crippen LogP) is 3.88. The summed E-state index contributed by atoms with van der Waals surface area (Å²) >= 11 is 0. The van der Waals surface area contributed by atoms with Crippen molar-refractivity contribution in [3.05, 3.63) is 28.8 Å². The van der Waals surface area contributed by atoms with Crippen LogP contribution in [0.1, 0.15) is 16.7 Å². The highest BCUT2D eigenvalue weighted by Gasteiger charge is 2.64. The van der Waals surface area contributed by atoms with E-state index in [9.17, 15) is 26.3 Å². The Morgan fingerprint density at radius 3 is 1.67 bits per heavy atom. The van der Waals surface area contributed by atoms with E-state index in [0.717, 1.165) is 26.0 Å². The lowest BCUT2D eigenvalue weighted by Gasteiger charge is -2.30. The van der Waals surface area contributed by atoms with Gasteiger partial charge in [-0.2, -0.15) is 13.2 Å². The number of benzene rings is 1. The monoisotopic (exact) mass is 271 g/mol. The Morgan fingerprint density at radius 1 is 1.00 bits per heavy atom. The molecular formula is C11H11F6N. The molecule has 0 aromatic heterocycles. The minimum absolute atomic E-state index is 0.0903. The number of nitrogens with two attached hydrogens (primary N) is 1. The molecule has 0 spiro atoms. The molecule has 7 heteroatoms. The van der Waals surface area contributed by atoms with Gasteiger partial charge in [0.15, 0.2) is 0 Å². The Morgan fingerprint density at radius 2 is 1.39 bits per heavy atom. The maximum Gasteiger partial charge on any atom is 0.432 e. The Hall–Kier alpha value is -1.40. The third-order valence-corrected chi connectivity index (χ3v) is 2.63. The maximum atomic E-state index is 13.9. The minimum Gasteiger partial charge on any atom is -0.399 e. The van der Waals surface area contributed by atoms with Crippen LogP contribution in [0.4, 0.5) is 32.0 Å². The maximum absolute atomic E-state index is 13.9. The summed E-state index contributed by atoms with van der Waals surface area (Å²) in [7, 11) is 0. The van der Waals surface area contributed by atoms with Gasteiger partial charge in [0.1, 0.15) is 0 Å². The number of hydrogen-bond donors (Lipinski definition) is 1. The normalized spacial score (nSPS) is 15.8. The molecule has 1 rings (SSSR count). The number of halogens is 6.